The fourth-order valence-electron chi connectivity index (χ4n) is 4.29. The van der Waals surface area contributed by atoms with Gasteiger partial charge in [0.15, 0.2) is 0 Å². The summed E-state index contributed by atoms with van der Waals surface area (Å²) < 4.78 is 0. The van der Waals surface area contributed by atoms with Crippen molar-refractivity contribution in [3.63, 3.8) is 0 Å². The van der Waals surface area contributed by atoms with Gasteiger partial charge in [0, 0.05) is 24.2 Å². The Morgan fingerprint density at radius 2 is 1.83 bits per heavy atom. The summed E-state index contributed by atoms with van der Waals surface area (Å²) in [4.78, 5) is 50.5. The van der Waals surface area contributed by atoms with Gasteiger partial charge in [-0.25, -0.2) is 0 Å². The van der Waals surface area contributed by atoms with Crippen molar-refractivity contribution in [2.24, 2.45) is 11.1 Å². The number of benzene rings is 1. The molecule has 8 nitrogen and oxygen atoms in total. The Morgan fingerprint density at radius 3 is 2.45 bits per heavy atom. The highest BCUT2D eigenvalue weighted by atomic mass is 16.2. The Labute approximate surface area is 170 Å². The molecule has 3 rings (SSSR count). The minimum Gasteiger partial charge on any atom is -0.384 e. The van der Waals surface area contributed by atoms with E-state index in [1.807, 2.05) is 13.8 Å². The zero-order chi connectivity index (χ0) is 21.6. The molecule has 1 unspecified atom stereocenters. The normalized spacial score (nSPS) is 20.0. The third-order valence-electron chi connectivity index (χ3n) is 5.16. The molecule has 2 heterocycles. The molecule has 0 bridgehead atoms. The summed E-state index contributed by atoms with van der Waals surface area (Å²) in [5.41, 5.74) is 6.76. The van der Waals surface area contributed by atoms with Crippen molar-refractivity contribution in [2.75, 3.05) is 11.9 Å². The van der Waals surface area contributed by atoms with Gasteiger partial charge >= 0.3 is 0 Å². The molecule has 0 aromatic heterocycles. The van der Waals surface area contributed by atoms with E-state index in [1.165, 1.54) is 0 Å². The largest absolute Gasteiger partial charge is 0.384 e. The first-order chi connectivity index (χ1) is 13.4. The first-order valence-corrected chi connectivity index (χ1v) is 9.77. The molecule has 0 aliphatic carbocycles. The minimum absolute atomic E-state index is 0.0952. The Balaban J connectivity index is 1.83. The highest BCUT2D eigenvalue weighted by Gasteiger charge is 2.45. The highest BCUT2D eigenvalue weighted by molar-refractivity contribution is 6.25. The number of carbonyl (C=O) groups is 4. The molecule has 4 amide bonds. The SMILES string of the molecule is CC(C)(N)CC(C)(C)CNc1cccc2c1C(=O)N(C1CCC(=O)NC1=O)C2=O. The van der Waals surface area contributed by atoms with E-state index in [1.54, 1.807) is 18.2 Å². The smallest absolute Gasteiger partial charge is 0.264 e. The van der Waals surface area contributed by atoms with Crippen molar-refractivity contribution in [2.45, 2.75) is 58.5 Å². The van der Waals surface area contributed by atoms with Crippen LogP contribution in [0.5, 0.6) is 0 Å². The number of anilines is 1. The molecule has 1 aromatic carbocycles. The summed E-state index contributed by atoms with van der Waals surface area (Å²) in [6.07, 6.45) is 0.993. The zero-order valence-electron chi connectivity index (χ0n) is 17.3. The van der Waals surface area contributed by atoms with E-state index in [0.717, 1.165) is 11.3 Å². The maximum atomic E-state index is 13.1. The third kappa shape index (κ3) is 4.32. The average molecular weight is 400 g/mol. The molecule has 0 radical (unpaired) electrons. The van der Waals surface area contributed by atoms with Gasteiger partial charge < -0.3 is 11.1 Å². The number of nitrogens with one attached hydrogen (secondary N) is 2. The number of fused-ring (bicyclic) bond motifs is 1. The van der Waals surface area contributed by atoms with Crippen LogP contribution in [0.2, 0.25) is 0 Å². The number of rotatable bonds is 6. The summed E-state index contributed by atoms with van der Waals surface area (Å²) in [5, 5.41) is 5.49. The Bertz CT molecular complexity index is 885. The van der Waals surface area contributed by atoms with Crippen LogP contribution < -0.4 is 16.4 Å². The average Bonchev–Trinajstić information content (AvgIpc) is 2.83. The van der Waals surface area contributed by atoms with Crippen molar-refractivity contribution in [1.82, 2.24) is 10.2 Å². The number of hydrogen-bond donors (Lipinski definition) is 3. The molecular weight excluding hydrogens is 372 g/mol. The van der Waals surface area contributed by atoms with Gasteiger partial charge in [0.2, 0.25) is 11.8 Å². The van der Waals surface area contributed by atoms with E-state index in [-0.39, 0.29) is 34.9 Å². The van der Waals surface area contributed by atoms with Crippen LogP contribution in [0, 0.1) is 5.41 Å². The monoisotopic (exact) mass is 400 g/mol. The Morgan fingerprint density at radius 1 is 1.14 bits per heavy atom. The predicted molar refractivity (Wildman–Crippen MR) is 108 cm³/mol. The maximum Gasteiger partial charge on any atom is 0.264 e. The topological polar surface area (TPSA) is 122 Å². The molecule has 156 valence electrons. The number of carbonyl (C=O) groups excluding carboxylic acids is 4. The third-order valence-corrected chi connectivity index (χ3v) is 5.16. The van der Waals surface area contributed by atoms with Gasteiger partial charge in [0.25, 0.3) is 11.8 Å². The van der Waals surface area contributed by atoms with Gasteiger partial charge in [0.1, 0.15) is 6.04 Å². The number of nitrogens with zero attached hydrogens (tertiary/aromatic N) is 1. The van der Waals surface area contributed by atoms with Crippen molar-refractivity contribution >= 4 is 29.3 Å². The summed E-state index contributed by atoms with van der Waals surface area (Å²) in [6, 6.07) is 4.07. The fraction of sp³-hybridized carbons (Fsp3) is 0.524. The van der Waals surface area contributed by atoms with E-state index in [4.69, 9.17) is 5.73 Å². The molecule has 2 aliphatic heterocycles. The van der Waals surface area contributed by atoms with Crippen LogP contribution >= 0.6 is 0 Å². The lowest BCUT2D eigenvalue weighted by Crippen LogP contribution is -2.54. The number of imide groups is 2. The number of piperidine rings is 1. The van der Waals surface area contributed by atoms with Crippen LogP contribution in [0.3, 0.4) is 0 Å². The molecular formula is C21H28N4O4. The number of amides is 4. The molecule has 1 atom stereocenters. The van der Waals surface area contributed by atoms with E-state index in [9.17, 15) is 19.2 Å². The summed E-state index contributed by atoms with van der Waals surface area (Å²) >= 11 is 0. The Kier molecular flexibility index (Phi) is 5.25. The highest BCUT2D eigenvalue weighted by Crippen LogP contribution is 2.34. The molecule has 4 N–H and O–H groups in total. The standard InChI is InChI=1S/C21H28N4O4/c1-20(2,10-21(3,4)22)11-23-13-7-5-6-12-16(13)19(29)25(18(12)28)14-8-9-15(26)24-17(14)27/h5-7,14,23H,8-11,22H2,1-4H3,(H,24,26,27). The van der Waals surface area contributed by atoms with Crippen molar-refractivity contribution in [3.05, 3.63) is 29.3 Å². The van der Waals surface area contributed by atoms with Crippen LogP contribution in [0.1, 0.15) is 67.7 Å². The lowest BCUT2D eigenvalue weighted by molar-refractivity contribution is -0.136. The predicted octanol–water partition coefficient (Wildman–Crippen LogP) is 1.65. The molecule has 1 fully saturated rings. The van der Waals surface area contributed by atoms with Gasteiger partial charge in [-0.15, -0.1) is 0 Å². The second kappa shape index (κ2) is 7.26. The van der Waals surface area contributed by atoms with Gasteiger partial charge in [-0.05, 0) is 44.2 Å². The minimum atomic E-state index is -0.970. The van der Waals surface area contributed by atoms with Crippen molar-refractivity contribution in [1.29, 1.82) is 0 Å². The maximum absolute atomic E-state index is 13.1. The first-order valence-electron chi connectivity index (χ1n) is 9.77. The summed E-state index contributed by atoms with van der Waals surface area (Å²) in [6.45, 7) is 8.66. The van der Waals surface area contributed by atoms with Crippen LogP contribution in [-0.2, 0) is 9.59 Å². The van der Waals surface area contributed by atoms with Gasteiger partial charge in [-0.2, -0.15) is 0 Å². The quantitative estimate of drug-likeness (QED) is 0.624. The first kappa shape index (κ1) is 21.0. The molecule has 1 aromatic rings. The lowest BCUT2D eigenvalue weighted by atomic mass is 9.80. The molecule has 1 saturated heterocycles. The summed E-state index contributed by atoms with van der Waals surface area (Å²) in [7, 11) is 0. The van der Waals surface area contributed by atoms with E-state index in [0.29, 0.717) is 12.2 Å². The molecule has 29 heavy (non-hydrogen) atoms. The van der Waals surface area contributed by atoms with E-state index in [2.05, 4.69) is 24.5 Å². The fourth-order valence-corrected chi connectivity index (χ4v) is 4.29. The molecule has 0 spiro atoms. The van der Waals surface area contributed by atoms with Crippen molar-refractivity contribution < 1.29 is 19.2 Å². The number of nitrogens with two attached hydrogens (primary N) is 1. The van der Waals surface area contributed by atoms with Gasteiger partial charge in [0.05, 0.1) is 11.1 Å². The zero-order valence-corrected chi connectivity index (χ0v) is 17.3. The second-order valence-corrected chi connectivity index (χ2v) is 9.36. The van der Waals surface area contributed by atoms with Crippen LogP contribution in [0.15, 0.2) is 18.2 Å². The summed E-state index contributed by atoms with van der Waals surface area (Å²) in [5.74, 6) is -2.03. The molecule has 8 heteroatoms. The van der Waals surface area contributed by atoms with E-state index >= 15 is 0 Å². The lowest BCUT2D eigenvalue weighted by Gasteiger charge is -2.33. The second-order valence-electron chi connectivity index (χ2n) is 9.36. The van der Waals surface area contributed by atoms with Crippen LogP contribution in [-0.4, -0.2) is 46.7 Å². The molecule has 0 saturated carbocycles. The van der Waals surface area contributed by atoms with Crippen molar-refractivity contribution in [3.8, 4) is 0 Å². The van der Waals surface area contributed by atoms with Crippen LogP contribution in [0.25, 0.3) is 0 Å². The number of hydrogen-bond acceptors (Lipinski definition) is 6. The molecule has 2 aliphatic rings. The Hall–Kier alpha value is -2.74. The van der Waals surface area contributed by atoms with Crippen LogP contribution in [0.4, 0.5) is 5.69 Å². The van der Waals surface area contributed by atoms with Gasteiger partial charge in [-0.1, -0.05) is 19.9 Å². The van der Waals surface area contributed by atoms with Gasteiger partial charge in [-0.3, -0.25) is 29.4 Å². The van der Waals surface area contributed by atoms with E-state index < -0.39 is 29.7 Å².